The third kappa shape index (κ3) is 3.64. The van der Waals surface area contributed by atoms with Crippen molar-refractivity contribution in [2.24, 2.45) is 13.0 Å². The molecule has 0 spiro atoms. The Bertz CT molecular complexity index is 1430. The number of anilines is 1. The first-order chi connectivity index (χ1) is 15.3. The van der Waals surface area contributed by atoms with Crippen LogP contribution in [0.2, 0.25) is 0 Å². The van der Waals surface area contributed by atoms with E-state index in [1.807, 2.05) is 44.2 Å². The van der Waals surface area contributed by atoms with Crippen LogP contribution >= 0.6 is 0 Å². The Morgan fingerprint density at radius 2 is 1.59 bits per heavy atom. The zero-order chi connectivity index (χ0) is 23.0. The predicted molar refractivity (Wildman–Crippen MR) is 125 cm³/mol. The van der Waals surface area contributed by atoms with E-state index in [0.29, 0.717) is 28.7 Å². The molecule has 2 aromatic heterocycles. The second-order valence-electron chi connectivity index (χ2n) is 8.17. The maximum Gasteiger partial charge on any atom is 0.295 e. The van der Waals surface area contributed by atoms with Crippen molar-refractivity contribution in [3.05, 3.63) is 86.7 Å². The van der Waals surface area contributed by atoms with Gasteiger partial charge in [0, 0.05) is 19.0 Å². The summed E-state index contributed by atoms with van der Waals surface area (Å²) in [6, 6.07) is 16.1. The fourth-order valence-corrected chi connectivity index (χ4v) is 3.76. The SMILES string of the molecule is Cc1c(NC(=O)c2nn(CC(C)C)c(=O)c3ccccc23)c(=O)n(-c2ccccc2)n1C. The molecule has 1 N–H and O–H groups in total. The number of carbonyl (C=O) groups is 1. The number of amides is 1. The highest BCUT2D eigenvalue weighted by Crippen LogP contribution is 2.18. The lowest BCUT2D eigenvalue weighted by Crippen LogP contribution is -2.30. The first-order valence-electron chi connectivity index (χ1n) is 10.4. The Labute approximate surface area is 184 Å². The van der Waals surface area contributed by atoms with E-state index in [-0.39, 0.29) is 28.4 Å². The van der Waals surface area contributed by atoms with E-state index in [0.717, 1.165) is 0 Å². The van der Waals surface area contributed by atoms with Crippen LogP contribution in [0.15, 0.2) is 64.2 Å². The largest absolute Gasteiger partial charge is 0.314 e. The van der Waals surface area contributed by atoms with E-state index in [4.69, 9.17) is 0 Å². The number of rotatable bonds is 5. The summed E-state index contributed by atoms with van der Waals surface area (Å²) in [7, 11) is 1.76. The predicted octanol–water partition coefficient (Wildman–Crippen LogP) is 3.10. The smallest absolute Gasteiger partial charge is 0.295 e. The number of hydrogen-bond donors (Lipinski definition) is 1. The van der Waals surface area contributed by atoms with Gasteiger partial charge in [0.25, 0.3) is 17.0 Å². The van der Waals surface area contributed by atoms with Gasteiger partial charge in [0.1, 0.15) is 5.69 Å². The van der Waals surface area contributed by atoms with E-state index in [9.17, 15) is 14.4 Å². The molecule has 2 aromatic carbocycles. The molecule has 164 valence electrons. The quantitative estimate of drug-likeness (QED) is 0.526. The Morgan fingerprint density at radius 1 is 0.969 bits per heavy atom. The van der Waals surface area contributed by atoms with Crippen molar-refractivity contribution in [2.75, 3.05) is 5.32 Å². The summed E-state index contributed by atoms with van der Waals surface area (Å²) in [5.74, 6) is -0.364. The van der Waals surface area contributed by atoms with Crippen LogP contribution in [-0.4, -0.2) is 25.1 Å². The van der Waals surface area contributed by atoms with Gasteiger partial charge < -0.3 is 5.32 Å². The molecule has 0 saturated carbocycles. The molecule has 0 aliphatic rings. The van der Waals surface area contributed by atoms with Crippen LogP contribution in [0.5, 0.6) is 0 Å². The minimum Gasteiger partial charge on any atom is -0.314 e. The second kappa shape index (κ2) is 8.30. The van der Waals surface area contributed by atoms with E-state index >= 15 is 0 Å². The number of fused-ring (bicyclic) bond motifs is 1. The summed E-state index contributed by atoms with van der Waals surface area (Å²) in [5.41, 5.74) is 0.991. The summed E-state index contributed by atoms with van der Waals surface area (Å²) in [4.78, 5) is 39.3. The molecule has 32 heavy (non-hydrogen) atoms. The molecule has 8 heteroatoms. The number of benzene rings is 2. The molecule has 4 rings (SSSR count). The normalized spacial score (nSPS) is 11.3. The van der Waals surface area contributed by atoms with E-state index in [2.05, 4.69) is 10.4 Å². The van der Waals surface area contributed by atoms with Crippen LogP contribution in [0, 0.1) is 12.8 Å². The second-order valence-corrected chi connectivity index (χ2v) is 8.17. The average molecular weight is 431 g/mol. The fourth-order valence-electron chi connectivity index (χ4n) is 3.76. The molecule has 0 aliphatic carbocycles. The zero-order valence-electron chi connectivity index (χ0n) is 18.5. The van der Waals surface area contributed by atoms with Gasteiger partial charge in [0.05, 0.1) is 16.8 Å². The van der Waals surface area contributed by atoms with Crippen molar-refractivity contribution >= 4 is 22.4 Å². The molecule has 8 nitrogen and oxygen atoms in total. The van der Waals surface area contributed by atoms with E-state index < -0.39 is 5.91 Å². The van der Waals surface area contributed by atoms with Crippen molar-refractivity contribution in [3.63, 3.8) is 0 Å². The first kappa shape index (κ1) is 21.3. The summed E-state index contributed by atoms with van der Waals surface area (Å²) in [6.45, 7) is 6.10. The average Bonchev–Trinajstić information content (AvgIpc) is 2.99. The number of para-hydroxylation sites is 1. The highest BCUT2D eigenvalue weighted by atomic mass is 16.2. The van der Waals surface area contributed by atoms with Gasteiger partial charge in [-0.25, -0.2) is 9.36 Å². The monoisotopic (exact) mass is 431 g/mol. The zero-order valence-corrected chi connectivity index (χ0v) is 18.5. The number of aromatic nitrogens is 4. The van der Waals surface area contributed by atoms with Gasteiger partial charge in [-0.1, -0.05) is 50.2 Å². The lowest BCUT2D eigenvalue weighted by molar-refractivity contribution is 0.102. The Balaban J connectivity index is 1.82. The van der Waals surface area contributed by atoms with Gasteiger partial charge in [-0.05, 0) is 31.0 Å². The van der Waals surface area contributed by atoms with Crippen LogP contribution in [0.25, 0.3) is 16.5 Å². The van der Waals surface area contributed by atoms with Crippen LogP contribution in [0.1, 0.15) is 30.0 Å². The van der Waals surface area contributed by atoms with Gasteiger partial charge in [0.2, 0.25) is 0 Å². The first-order valence-corrected chi connectivity index (χ1v) is 10.4. The minimum atomic E-state index is -0.537. The lowest BCUT2D eigenvalue weighted by Gasteiger charge is -2.12. The van der Waals surface area contributed by atoms with Crippen molar-refractivity contribution < 1.29 is 4.79 Å². The summed E-state index contributed by atoms with van der Waals surface area (Å²) in [5, 5.41) is 7.97. The lowest BCUT2D eigenvalue weighted by atomic mass is 10.1. The van der Waals surface area contributed by atoms with Gasteiger partial charge in [-0.15, -0.1) is 0 Å². The van der Waals surface area contributed by atoms with Crippen LogP contribution in [0.4, 0.5) is 5.69 Å². The Kier molecular flexibility index (Phi) is 5.52. The molecule has 0 unspecified atom stereocenters. The number of nitrogens with one attached hydrogen (secondary N) is 1. The van der Waals surface area contributed by atoms with Gasteiger partial charge in [0.15, 0.2) is 5.69 Å². The number of hydrogen-bond acceptors (Lipinski definition) is 4. The molecule has 4 aromatic rings. The molecule has 0 atom stereocenters. The molecular weight excluding hydrogens is 406 g/mol. The number of carbonyl (C=O) groups excluding carboxylic acids is 1. The molecule has 0 saturated heterocycles. The van der Waals surface area contributed by atoms with Gasteiger partial charge in [-0.2, -0.15) is 5.10 Å². The fraction of sp³-hybridized carbons (Fsp3) is 0.250. The topological polar surface area (TPSA) is 90.9 Å². The summed E-state index contributed by atoms with van der Waals surface area (Å²) < 4.78 is 4.51. The van der Waals surface area contributed by atoms with Crippen molar-refractivity contribution in [2.45, 2.75) is 27.3 Å². The Hall–Kier alpha value is -3.94. The molecule has 0 aliphatic heterocycles. The third-order valence-corrected chi connectivity index (χ3v) is 5.41. The molecule has 0 bridgehead atoms. The van der Waals surface area contributed by atoms with E-state index in [1.54, 1.807) is 42.9 Å². The maximum absolute atomic E-state index is 13.3. The summed E-state index contributed by atoms with van der Waals surface area (Å²) >= 11 is 0. The third-order valence-electron chi connectivity index (χ3n) is 5.41. The molecule has 0 fully saturated rings. The standard InChI is InChI=1S/C24H25N5O3/c1-15(2)14-28-23(31)19-13-9-8-12-18(19)21(26-28)22(30)25-20-16(3)27(4)29(24(20)32)17-10-6-5-7-11-17/h5-13,15H,14H2,1-4H3,(H,25,30). The van der Waals surface area contributed by atoms with Crippen LogP contribution in [-0.2, 0) is 13.6 Å². The molecule has 1 amide bonds. The highest BCUT2D eigenvalue weighted by Gasteiger charge is 2.22. The highest BCUT2D eigenvalue weighted by molar-refractivity contribution is 6.11. The van der Waals surface area contributed by atoms with Crippen molar-refractivity contribution in [1.82, 2.24) is 19.1 Å². The van der Waals surface area contributed by atoms with E-state index in [1.165, 1.54) is 9.36 Å². The maximum atomic E-state index is 13.3. The van der Waals surface area contributed by atoms with Crippen molar-refractivity contribution in [1.29, 1.82) is 0 Å². The van der Waals surface area contributed by atoms with Crippen LogP contribution in [0.3, 0.4) is 0 Å². The Morgan fingerprint density at radius 3 is 2.25 bits per heavy atom. The minimum absolute atomic E-state index is 0.106. The summed E-state index contributed by atoms with van der Waals surface area (Å²) in [6.07, 6.45) is 0. The molecule has 0 radical (unpaired) electrons. The van der Waals surface area contributed by atoms with Crippen molar-refractivity contribution in [3.8, 4) is 5.69 Å². The van der Waals surface area contributed by atoms with Gasteiger partial charge >= 0.3 is 0 Å². The molecule has 2 heterocycles. The number of nitrogens with zero attached hydrogens (tertiary/aromatic N) is 4. The van der Waals surface area contributed by atoms with Gasteiger partial charge in [-0.3, -0.25) is 19.1 Å². The molecular formula is C24H25N5O3. The van der Waals surface area contributed by atoms with Crippen LogP contribution < -0.4 is 16.4 Å².